The van der Waals surface area contributed by atoms with Gasteiger partial charge >= 0.3 is 0 Å². The molecular formula is C26H30N7O3S3+. The third-order valence-electron chi connectivity index (χ3n) is 7.22. The van der Waals surface area contributed by atoms with Gasteiger partial charge in [0, 0.05) is 36.5 Å². The van der Waals surface area contributed by atoms with Crippen LogP contribution in [0.15, 0.2) is 34.7 Å². The number of hydrogen-bond donors (Lipinski definition) is 4. The molecule has 13 heteroatoms. The zero-order valence-electron chi connectivity index (χ0n) is 21.3. The molecule has 204 valence electrons. The van der Waals surface area contributed by atoms with E-state index in [0.29, 0.717) is 24.9 Å². The zero-order valence-corrected chi connectivity index (χ0v) is 23.7. The van der Waals surface area contributed by atoms with Crippen molar-refractivity contribution < 1.29 is 15.3 Å². The van der Waals surface area contributed by atoms with Crippen molar-refractivity contribution in [2.75, 3.05) is 41.8 Å². The molecule has 39 heavy (non-hydrogen) atoms. The Morgan fingerprint density at radius 3 is 2.74 bits per heavy atom. The Morgan fingerprint density at radius 1 is 1.13 bits per heavy atom. The predicted octanol–water partition coefficient (Wildman–Crippen LogP) is 3.49. The van der Waals surface area contributed by atoms with E-state index >= 15 is 0 Å². The first-order chi connectivity index (χ1) is 19.0. The molecule has 5 heterocycles. The second-order valence-electron chi connectivity index (χ2n) is 9.83. The summed E-state index contributed by atoms with van der Waals surface area (Å²) in [4.78, 5) is 32.7. The van der Waals surface area contributed by atoms with Crippen molar-refractivity contribution in [1.82, 2.24) is 9.36 Å². The van der Waals surface area contributed by atoms with Crippen LogP contribution in [-0.4, -0.2) is 53.7 Å². The van der Waals surface area contributed by atoms with Crippen LogP contribution in [0.5, 0.6) is 0 Å². The molecule has 10 nitrogen and oxygen atoms in total. The number of aromatic nitrogens is 2. The summed E-state index contributed by atoms with van der Waals surface area (Å²) in [5.41, 5.74) is 13.1. The number of primary amides is 1. The summed E-state index contributed by atoms with van der Waals surface area (Å²) in [5, 5.41) is 9.87. The lowest BCUT2D eigenvalue weighted by molar-refractivity contribution is -0.427. The van der Waals surface area contributed by atoms with Gasteiger partial charge in [0.1, 0.15) is 6.04 Å². The molecule has 0 radical (unpaired) electrons. The Bertz CT molecular complexity index is 1560. The largest absolute Gasteiger partial charge is 0.378 e. The van der Waals surface area contributed by atoms with E-state index in [1.807, 2.05) is 11.4 Å². The number of carbonyl (C=O) groups is 1. The van der Waals surface area contributed by atoms with E-state index in [0.717, 1.165) is 62.1 Å². The molecule has 6 rings (SSSR count). The summed E-state index contributed by atoms with van der Waals surface area (Å²) in [6.45, 7) is 2.83. The van der Waals surface area contributed by atoms with Gasteiger partial charge in [0.2, 0.25) is 0 Å². The van der Waals surface area contributed by atoms with Gasteiger partial charge in [0.15, 0.2) is 11.1 Å². The van der Waals surface area contributed by atoms with Gasteiger partial charge in [-0.05, 0) is 30.4 Å². The minimum Gasteiger partial charge on any atom is -0.378 e. The molecule has 1 saturated heterocycles. The monoisotopic (exact) mass is 584 g/mol. The molecule has 4 aromatic rings. The van der Waals surface area contributed by atoms with E-state index in [2.05, 4.69) is 30.6 Å². The van der Waals surface area contributed by atoms with Gasteiger partial charge in [-0.3, -0.25) is 9.59 Å². The van der Waals surface area contributed by atoms with E-state index in [1.165, 1.54) is 35.7 Å². The summed E-state index contributed by atoms with van der Waals surface area (Å²) in [7, 11) is 0. The molecule has 0 bridgehead atoms. The number of quaternary nitrogens is 1. The number of morpholine rings is 1. The van der Waals surface area contributed by atoms with Gasteiger partial charge in [-0.25, -0.2) is 4.98 Å². The van der Waals surface area contributed by atoms with Crippen molar-refractivity contribution in [2.24, 2.45) is 5.73 Å². The molecule has 2 fully saturated rings. The molecule has 2 aliphatic rings. The molecule has 7 N–H and O–H groups in total. The Morgan fingerprint density at radius 2 is 1.95 bits per heavy atom. The number of fused-ring (bicyclic) bond motifs is 1. The number of nitrogens with zero attached hydrogens (tertiary/aromatic N) is 3. The highest BCUT2D eigenvalue weighted by molar-refractivity contribution is 7.29. The highest BCUT2D eigenvalue weighted by Gasteiger charge is 2.25. The summed E-state index contributed by atoms with van der Waals surface area (Å²) in [5.74, 6) is -0.615. The Balaban J connectivity index is 1.34. The Hall–Kier alpha value is -3.10. The number of amides is 1. The number of thiophene rings is 1. The number of nitrogens with one attached hydrogen (secondary N) is 2. The van der Waals surface area contributed by atoms with Gasteiger partial charge < -0.3 is 31.7 Å². The molecule has 0 aromatic carbocycles. The fraction of sp³-hybridized carbons (Fsp3) is 0.385. The molecule has 0 spiro atoms. The first kappa shape index (κ1) is 26.1. The standard InChI is InChI=1S/C26H29N7O3S3/c27-16-3-1-2-4-17(16)31-14-9-18(22(26(28)35)29-11-14)32-19-12-30-39-23(19)15-13-37-25-20(34)10-21(38-24(15)25)33-5-7-36-8-6-33/h9-13,16-17,31-32H,1-8,27H2,(H2,28,35)/p+1/t16-,17-/m1/s1. The van der Waals surface area contributed by atoms with Crippen LogP contribution in [0.3, 0.4) is 0 Å². The first-order valence-electron chi connectivity index (χ1n) is 13.0. The van der Waals surface area contributed by atoms with Gasteiger partial charge in [-0.15, -0.1) is 22.7 Å². The van der Waals surface area contributed by atoms with Crippen LogP contribution in [0.1, 0.15) is 36.2 Å². The van der Waals surface area contributed by atoms with Crippen LogP contribution >= 0.6 is 34.2 Å². The van der Waals surface area contributed by atoms with Gasteiger partial charge in [-0.2, -0.15) is 4.37 Å². The van der Waals surface area contributed by atoms with Gasteiger partial charge in [0.25, 0.3) is 5.91 Å². The first-order valence-corrected chi connectivity index (χ1v) is 15.4. The molecule has 0 unspecified atom stereocenters. The lowest BCUT2D eigenvalue weighted by Crippen LogP contribution is -2.68. The topological polar surface area (TPSA) is 150 Å². The number of pyridine rings is 1. The summed E-state index contributed by atoms with van der Waals surface area (Å²) in [6, 6.07) is 4.18. The van der Waals surface area contributed by atoms with E-state index in [1.54, 1.807) is 29.8 Å². The lowest BCUT2D eigenvalue weighted by atomic mass is 9.91. The Kier molecular flexibility index (Phi) is 7.49. The van der Waals surface area contributed by atoms with Gasteiger partial charge in [0.05, 0.1) is 68.0 Å². The molecule has 1 aliphatic heterocycles. The fourth-order valence-corrected chi connectivity index (χ4v) is 8.36. The maximum atomic E-state index is 13.0. The van der Waals surface area contributed by atoms with Crippen molar-refractivity contribution >= 4 is 71.6 Å². The maximum absolute atomic E-state index is 13.0. The SMILES string of the molecule is NC(=O)c1ncc(N[C@@H]2CCCC[C@H]2[NH3+])cc1Nc1cnsc1-c1csc2c(=O)cc(N3CCOCC3)sc12. The summed E-state index contributed by atoms with van der Waals surface area (Å²) >= 11 is 4.40. The average molecular weight is 585 g/mol. The molecule has 1 amide bonds. The number of nitrogens with two attached hydrogens (primary N) is 1. The van der Waals surface area contributed by atoms with Crippen LogP contribution in [0.25, 0.3) is 19.8 Å². The molecule has 1 saturated carbocycles. The summed E-state index contributed by atoms with van der Waals surface area (Å²) in [6.07, 6.45) is 7.89. The minimum atomic E-state index is -0.615. The third-order valence-corrected chi connectivity index (χ3v) is 10.4. The number of carbonyl (C=O) groups excluding carboxylic acids is 1. The molecule has 2 atom stereocenters. The van der Waals surface area contributed by atoms with E-state index in [9.17, 15) is 9.59 Å². The fourth-order valence-electron chi connectivity index (χ4n) is 5.14. The van der Waals surface area contributed by atoms with Crippen molar-refractivity contribution in [1.29, 1.82) is 0 Å². The van der Waals surface area contributed by atoms with Crippen LogP contribution < -0.4 is 32.4 Å². The highest BCUT2D eigenvalue weighted by Crippen LogP contribution is 2.43. The quantitative estimate of drug-likeness (QED) is 0.258. The Labute approximate surface area is 237 Å². The van der Waals surface area contributed by atoms with Crippen molar-refractivity contribution in [2.45, 2.75) is 37.8 Å². The minimum absolute atomic E-state index is 0.0194. The van der Waals surface area contributed by atoms with Crippen LogP contribution in [0.2, 0.25) is 0 Å². The molecule has 1 aliphatic carbocycles. The molecular weight excluding hydrogens is 555 g/mol. The third kappa shape index (κ3) is 5.37. The normalized spacial score (nSPS) is 19.8. The number of anilines is 4. The average Bonchev–Trinajstić information content (AvgIpc) is 3.57. The number of ether oxygens (including phenoxy) is 1. The van der Waals surface area contributed by atoms with E-state index in [4.69, 9.17) is 10.5 Å². The van der Waals surface area contributed by atoms with E-state index in [-0.39, 0.29) is 17.2 Å². The second-order valence-corrected chi connectivity index (χ2v) is 12.5. The van der Waals surface area contributed by atoms with Crippen LogP contribution in [-0.2, 0) is 4.74 Å². The van der Waals surface area contributed by atoms with E-state index < -0.39 is 5.91 Å². The smallest absolute Gasteiger partial charge is 0.269 e. The molecule has 4 aromatic heterocycles. The number of hydrogen-bond acceptors (Lipinski definition) is 11. The zero-order chi connectivity index (χ0) is 26.9. The van der Waals surface area contributed by atoms with Crippen molar-refractivity contribution in [3.8, 4) is 10.4 Å². The van der Waals surface area contributed by atoms with Crippen LogP contribution in [0, 0.1) is 0 Å². The van der Waals surface area contributed by atoms with Crippen molar-refractivity contribution in [3.05, 3.63) is 45.8 Å². The highest BCUT2D eigenvalue weighted by atomic mass is 32.1. The van der Waals surface area contributed by atoms with Crippen molar-refractivity contribution in [3.63, 3.8) is 0 Å². The maximum Gasteiger partial charge on any atom is 0.269 e. The summed E-state index contributed by atoms with van der Waals surface area (Å²) < 4.78 is 11.6. The predicted molar refractivity (Wildman–Crippen MR) is 159 cm³/mol. The number of rotatable bonds is 7. The van der Waals surface area contributed by atoms with Crippen LogP contribution in [0.4, 0.5) is 22.1 Å². The lowest BCUT2D eigenvalue weighted by Gasteiger charge is -2.28. The second kappa shape index (κ2) is 11.2. The van der Waals surface area contributed by atoms with Gasteiger partial charge in [-0.1, -0.05) is 6.42 Å².